The van der Waals surface area contributed by atoms with Crippen LogP contribution in [-0.4, -0.2) is 13.1 Å². The number of rotatable bonds is 5. The highest BCUT2D eigenvalue weighted by atomic mass is 35.5. The van der Waals surface area contributed by atoms with Crippen LogP contribution in [0.1, 0.15) is 19.4 Å². The largest absolute Gasteiger partial charge is 0.422 e. The van der Waals surface area contributed by atoms with E-state index in [9.17, 15) is 10.1 Å². The zero-order valence-corrected chi connectivity index (χ0v) is 15.5. The van der Waals surface area contributed by atoms with Gasteiger partial charge in [-0.3, -0.25) is 0 Å². The van der Waals surface area contributed by atoms with Crippen molar-refractivity contribution in [3.63, 3.8) is 0 Å². The minimum Gasteiger partial charge on any atom is -0.422 e. The van der Waals surface area contributed by atoms with Crippen molar-refractivity contribution < 1.29 is 4.42 Å². The summed E-state index contributed by atoms with van der Waals surface area (Å²) in [5.74, 6) is 0. The van der Waals surface area contributed by atoms with Crippen LogP contribution in [-0.2, 0) is 0 Å². The molecule has 27 heavy (non-hydrogen) atoms. The molecule has 1 heterocycles. The van der Waals surface area contributed by atoms with Gasteiger partial charge >= 0.3 is 5.63 Å². The van der Waals surface area contributed by atoms with E-state index in [0.717, 1.165) is 24.9 Å². The predicted molar refractivity (Wildman–Crippen MR) is 104 cm³/mol. The maximum Gasteiger partial charge on any atom is 0.345 e. The lowest BCUT2D eigenvalue weighted by Gasteiger charge is -2.21. The minimum atomic E-state index is -0.708. The van der Waals surface area contributed by atoms with E-state index >= 15 is 0 Å². The van der Waals surface area contributed by atoms with Crippen molar-refractivity contribution in [2.24, 2.45) is 0 Å². The van der Waals surface area contributed by atoms with Crippen LogP contribution in [0.4, 0.5) is 5.69 Å². The Kier molecular flexibility index (Phi) is 6.39. The highest BCUT2D eigenvalue weighted by Crippen LogP contribution is 2.29. The van der Waals surface area contributed by atoms with Crippen molar-refractivity contribution in [3.8, 4) is 18.2 Å². The molecular formula is C20H15ClN4O2. The number of benzene rings is 1. The number of fused-ring (bicyclic) bond motifs is 1. The average Bonchev–Trinajstić information content (AvgIpc) is 2.68. The molecule has 1 aromatic heterocycles. The molecule has 134 valence electrons. The van der Waals surface area contributed by atoms with E-state index in [1.165, 1.54) is 6.08 Å². The second-order valence-corrected chi connectivity index (χ2v) is 5.84. The lowest BCUT2D eigenvalue weighted by Crippen LogP contribution is -2.21. The summed E-state index contributed by atoms with van der Waals surface area (Å²) in [6.45, 7) is 5.66. The molecule has 0 radical (unpaired) electrons. The Morgan fingerprint density at radius 1 is 1.19 bits per heavy atom. The molecule has 0 aliphatic heterocycles. The van der Waals surface area contributed by atoms with E-state index in [-0.39, 0.29) is 21.7 Å². The predicted octanol–water partition coefficient (Wildman–Crippen LogP) is 4.17. The van der Waals surface area contributed by atoms with Gasteiger partial charge in [0.15, 0.2) is 0 Å². The van der Waals surface area contributed by atoms with Crippen LogP contribution >= 0.6 is 11.6 Å². The first-order chi connectivity index (χ1) is 13.0. The number of nitrogens with zero attached hydrogens (tertiary/aromatic N) is 4. The summed E-state index contributed by atoms with van der Waals surface area (Å²) in [6, 6.07) is 10.5. The lowest BCUT2D eigenvalue weighted by atomic mass is 10.1. The first-order valence-electron chi connectivity index (χ1n) is 8.14. The van der Waals surface area contributed by atoms with Crippen LogP contribution < -0.4 is 10.5 Å². The van der Waals surface area contributed by atoms with Gasteiger partial charge in [-0.05, 0) is 38.1 Å². The molecule has 6 nitrogen and oxygen atoms in total. The van der Waals surface area contributed by atoms with E-state index in [2.05, 4.69) is 4.90 Å². The van der Waals surface area contributed by atoms with Crippen molar-refractivity contribution >= 4 is 34.3 Å². The van der Waals surface area contributed by atoms with Crippen molar-refractivity contribution in [1.29, 1.82) is 15.8 Å². The summed E-state index contributed by atoms with van der Waals surface area (Å²) in [6.07, 6.45) is 2.30. The summed E-state index contributed by atoms with van der Waals surface area (Å²) >= 11 is 6.37. The molecule has 0 amide bonds. The minimum absolute atomic E-state index is 0.0113. The molecule has 2 rings (SSSR count). The molecule has 1 aromatic carbocycles. The van der Waals surface area contributed by atoms with Gasteiger partial charge in [-0.1, -0.05) is 11.6 Å². The number of allylic oxidation sites excluding steroid dienone is 3. The molecule has 0 aliphatic carbocycles. The maximum atomic E-state index is 12.4. The van der Waals surface area contributed by atoms with Gasteiger partial charge in [0, 0.05) is 30.2 Å². The third-order valence-corrected chi connectivity index (χ3v) is 4.37. The maximum absolute atomic E-state index is 12.4. The Morgan fingerprint density at radius 3 is 2.41 bits per heavy atom. The van der Waals surface area contributed by atoms with Gasteiger partial charge in [0.05, 0.1) is 22.2 Å². The molecule has 2 aromatic rings. The third kappa shape index (κ3) is 4.18. The molecule has 0 atom stereocenters. The molecule has 0 N–H and O–H groups in total. The van der Waals surface area contributed by atoms with Crippen LogP contribution in [0, 0.1) is 34.0 Å². The molecule has 0 bridgehead atoms. The topological polar surface area (TPSA) is 105 Å². The first kappa shape index (κ1) is 19.8. The quantitative estimate of drug-likeness (QED) is 0.439. The lowest BCUT2D eigenvalue weighted by molar-refractivity contribution is 0.559. The number of anilines is 1. The summed E-state index contributed by atoms with van der Waals surface area (Å²) < 4.78 is 5.39. The number of nitriles is 3. The Morgan fingerprint density at radius 2 is 1.85 bits per heavy atom. The zero-order chi connectivity index (χ0) is 20.0. The molecule has 0 spiro atoms. The fraction of sp³-hybridized carbons (Fsp3) is 0.200. The number of halogens is 1. The van der Waals surface area contributed by atoms with Crippen LogP contribution in [0.3, 0.4) is 0 Å². The van der Waals surface area contributed by atoms with E-state index in [0.29, 0.717) is 11.0 Å². The molecule has 0 saturated carbocycles. The van der Waals surface area contributed by atoms with Crippen LogP contribution in [0.15, 0.2) is 44.6 Å². The summed E-state index contributed by atoms with van der Waals surface area (Å²) in [5.41, 5.74) is 0.219. The second-order valence-electron chi connectivity index (χ2n) is 5.46. The smallest absolute Gasteiger partial charge is 0.345 e. The molecule has 0 saturated heterocycles. The SMILES string of the molecule is CCN(CC)c1ccc2c(Cl)c(/C=C(\C#N)C=C(C#N)C#N)c(=O)oc2c1. The van der Waals surface area contributed by atoms with Crippen LogP contribution in [0.2, 0.25) is 5.02 Å². The molecule has 0 unspecified atom stereocenters. The van der Waals surface area contributed by atoms with Gasteiger partial charge < -0.3 is 9.32 Å². The van der Waals surface area contributed by atoms with Gasteiger partial charge in [0.1, 0.15) is 23.3 Å². The van der Waals surface area contributed by atoms with Gasteiger partial charge in [-0.2, -0.15) is 15.8 Å². The molecule has 0 aliphatic rings. The van der Waals surface area contributed by atoms with E-state index in [1.807, 2.05) is 26.0 Å². The normalized spacial score (nSPS) is 10.6. The Bertz CT molecular complexity index is 1100. The van der Waals surface area contributed by atoms with Gasteiger partial charge in [-0.15, -0.1) is 0 Å². The summed E-state index contributed by atoms with van der Waals surface area (Å²) in [7, 11) is 0. The first-order valence-corrected chi connectivity index (χ1v) is 8.51. The third-order valence-electron chi connectivity index (χ3n) is 3.96. The van der Waals surface area contributed by atoms with Crippen molar-refractivity contribution in [1.82, 2.24) is 0 Å². The van der Waals surface area contributed by atoms with Crippen molar-refractivity contribution in [3.05, 3.63) is 56.4 Å². The van der Waals surface area contributed by atoms with E-state index < -0.39 is 5.63 Å². The highest BCUT2D eigenvalue weighted by molar-refractivity contribution is 6.36. The second kappa shape index (κ2) is 8.72. The molecule has 0 fully saturated rings. The Balaban J connectivity index is 2.66. The van der Waals surface area contributed by atoms with E-state index in [4.69, 9.17) is 26.5 Å². The summed E-state index contributed by atoms with van der Waals surface area (Å²) in [4.78, 5) is 14.5. The standard InChI is InChI=1S/C20H15ClN4O2/c1-3-25(4-2)15-5-6-16-18(9-15)27-20(26)17(19(16)21)8-13(10-22)7-14(11-23)12-24/h5-9H,3-4H2,1-2H3/b13-8-. The molecular weight excluding hydrogens is 364 g/mol. The van der Waals surface area contributed by atoms with Gasteiger partial charge in [-0.25, -0.2) is 4.79 Å². The van der Waals surface area contributed by atoms with Gasteiger partial charge in [0.2, 0.25) is 0 Å². The fourth-order valence-corrected chi connectivity index (χ4v) is 2.87. The number of hydrogen-bond donors (Lipinski definition) is 0. The highest BCUT2D eigenvalue weighted by Gasteiger charge is 2.14. The number of hydrogen-bond acceptors (Lipinski definition) is 6. The van der Waals surface area contributed by atoms with Crippen molar-refractivity contribution in [2.75, 3.05) is 18.0 Å². The van der Waals surface area contributed by atoms with Crippen LogP contribution in [0.5, 0.6) is 0 Å². The van der Waals surface area contributed by atoms with E-state index in [1.54, 1.807) is 24.3 Å². The molecule has 7 heteroatoms. The monoisotopic (exact) mass is 378 g/mol. The van der Waals surface area contributed by atoms with Gasteiger partial charge in [0.25, 0.3) is 0 Å². The Labute approximate surface area is 161 Å². The average molecular weight is 379 g/mol. The van der Waals surface area contributed by atoms with Crippen molar-refractivity contribution in [2.45, 2.75) is 13.8 Å². The fourth-order valence-electron chi connectivity index (χ4n) is 2.58. The summed E-state index contributed by atoms with van der Waals surface area (Å²) in [5, 5.41) is 27.5. The van der Waals surface area contributed by atoms with Crippen LogP contribution in [0.25, 0.3) is 17.0 Å². The zero-order valence-electron chi connectivity index (χ0n) is 14.8. The Hall–Kier alpha value is -3.53.